The highest BCUT2D eigenvalue weighted by Gasteiger charge is 2.05. The van der Waals surface area contributed by atoms with E-state index < -0.39 is 6.09 Å². The molecule has 0 spiro atoms. The first-order valence-corrected chi connectivity index (χ1v) is 9.85. The molecule has 0 aliphatic rings. The first kappa shape index (κ1) is 20.9. The molecule has 6 heteroatoms. The summed E-state index contributed by atoms with van der Waals surface area (Å²) in [6, 6.07) is 26.9. The molecule has 2 amide bonds. The molecule has 0 radical (unpaired) electrons. The number of para-hydroxylation sites is 1. The van der Waals surface area contributed by atoms with E-state index in [1.165, 1.54) is 0 Å². The number of carbonyl (C=O) groups excluding carboxylic acids is 2. The zero-order valence-electron chi connectivity index (χ0n) is 16.6. The van der Waals surface area contributed by atoms with E-state index in [4.69, 9.17) is 4.74 Å². The predicted molar refractivity (Wildman–Crippen MR) is 119 cm³/mol. The molecule has 0 fully saturated rings. The van der Waals surface area contributed by atoms with Gasteiger partial charge >= 0.3 is 6.09 Å². The Kier molecular flexibility index (Phi) is 7.85. The minimum atomic E-state index is -0.485. The largest absolute Gasteiger partial charge is 0.445 e. The smallest absolute Gasteiger partial charge is 0.407 e. The number of nitrogens with one attached hydrogen (secondary N) is 3. The van der Waals surface area contributed by atoms with Crippen LogP contribution in [-0.2, 0) is 16.1 Å². The molecule has 0 unspecified atom stereocenters. The van der Waals surface area contributed by atoms with Crippen LogP contribution in [0.25, 0.3) is 0 Å². The zero-order valence-corrected chi connectivity index (χ0v) is 16.6. The summed E-state index contributed by atoms with van der Waals surface area (Å²) >= 11 is 0. The lowest BCUT2D eigenvalue weighted by Gasteiger charge is -2.09. The Morgan fingerprint density at radius 1 is 0.733 bits per heavy atom. The average Bonchev–Trinajstić information content (AvgIpc) is 2.78. The third-order valence-electron chi connectivity index (χ3n) is 4.29. The lowest BCUT2D eigenvalue weighted by molar-refractivity contribution is -0.116. The van der Waals surface area contributed by atoms with E-state index >= 15 is 0 Å². The number of benzene rings is 3. The van der Waals surface area contributed by atoms with E-state index in [0.29, 0.717) is 19.4 Å². The van der Waals surface area contributed by atoms with E-state index in [2.05, 4.69) is 16.0 Å². The maximum atomic E-state index is 12.1. The molecule has 6 nitrogen and oxygen atoms in total. The van der Waals surface area contributed by atoms with Crippen molar-refractivity contribution >= 4 is 29.1 Å². The number of alkyl carbamates (subject to hydrolysis) is 1. The Morgan fingerprint density at radius 3 is 2.03 bits per heavy atom. The van der Waals surface area contributed by atoms with Crippen molar-refractivity contribution in [3.8, 4) is 0 Å². The minimum Gasteiger partial charge on any atom is -0.445 e. The van der Waals surface area contributed by atoms with Gasteiger partial charge in [-0.05, 0) is 48.4 Å². The highest BCUT2D eigenvalue weighted by atomic mass is 16.5. The molecule has 3 rings (SSSR count). The molecule has 0 aromatic heterocycles. The Morgan fingerprint density at radius 2 is 1.33 bits per heavy atom. The minimum absolute atomic E-state index is 0.0989. The lowest BCUT2D eigenvalue weighted by atomic mass is 10.2. The molecular formula is C24H25N3O3. The van der Waals surface area contributed by atoms with Gasteiger partial charge in [0.15, 0.2) is 0 Å². The molecule has 154 valence electrons. The summed E-state index contributed by atoms with van der Waals surface area (Å²) in [5.74, 6) is -0.0989. The second-order valence-corrected chi connectivity index (χ2v) is 6.71. The number of rotatable bonds is 9. The van der Waals surface area contributed by atoms with Gasteiger partial charge in [-0.15, -0.1) is 0 Å². The fraction of sp³-hybridized carbons (Fsp3) is 0.167. The molecule has 0 saturated carbocycles. The summed E-state index contributed by atoms with van der Waals surface area (Å²) in [7, 11) is 0. The van der Waals surface area contributed by atoms with E-state index in [1.54, 1.807) is 0 Å². The Hall–Kier alpha value is -3.80. The standard InChI is InChI=1S/C24H25N3O3/c28-23(12-7-17-25-24(29)30-18-19-8-3-1-4-9-19)27-22-15-13-21(14-16-22)26-20-10-5-2-6-11-20/h1-6,8-11,13-16,26H,7,12,17-18H2,(H,25,29)(H,27,28). The number of hydrogen-bond donors (Lipinski definition) is 3. The topological polar surface area (TPSA) is 79.5 Å². The van der Waals surface area contributed by atoms with Crippen molar-refractivity contribution in [2.45, 2.75) is 19.4 Å². The highest BCUT2D eigenvalue weighted by molar-refractivity contribution is 5.90. The number of amides is 2. The Balaban J connectivity index is 1.31. The summed E-state index contributed by atoms with van der Waals surface area (Å²) in [5, 5.41) is 8.80. The van der Waals surface area contributed by atoms with E-state index in [-0.39, 0.29) is 12.5 Å². The second-order valence-electron chi connectivity index (χ2n) is 6.71. The third-order valence-corrected chi connectivity index (χ3v) is 4.29. The fourth-order valence-electron chi connectivity index (χ4n) is 2.76. The maximum absolute atomic E-state index is 12.1. The van der Waals surface area contributed by atoms with Gasteiger partial charge in [-0.1, -0.05) is 48.5 Å². The zero-order chi connectivity index (χ0) is 21.0. The van der Waals surface area contributed by atoms with Crippen molar-refractivity contribution in [1.29, 1.82) is 0 Å². The number of hydrogen-bond acceptors (Lipinski definition) is 4. The van der Waals surface area contributed by atoms with Gasteiger partial charge in [0.2, 0.25) is 5.91 Å². The maximum Gasteiger partial charge on any atom is 0.407 e. The van der Waals surface area contributed by atoms with Crippen molar-refractivity contribution in [2.75, 3.05) is 17.2 Å². The summed E-state index contributed by atoms with van der Waals surface area (Å²) in [4.78, 5) is 23.7. The van der Waals surface area contributed by atoms with Crippen LogP contribution in [0.5, 0.6) is 0 Å². The number of anilines is 3. The molecule has 3 N–H and O–H groups in total. The third kappa shape index (κ3) is 7.31. The van der Waals surface area contributed by atoms with Crippen molar-refractivity contribution in [1.82, 2.24) is 5.32 Å². The first-order chi connectivity index (χ1) is 14.7. The quantitative estimate of drug-likeness (QED) is 0.436. The molecule has 3 aromatic rings. The van der Waals surface area contributed by atoms with Crippen molar-refractivity contribution < 1.29 is 14.3 Å². The van der Waals surface area contributed by atoms with Gasteiger partial charge in [-0.25, -0.2) is 4.79 Å². The normalized spacial score (nSPS) is 10.1. The van der Waals surface area contributed by atoms with Gasteiger partial charge in [0.1, 0.15) is 6.61 Å². The van der Waals surface area contributed by atoms with Crippen LogP contribution in [-0.4, -0.2) is 18.5 Å². The molecule has 30 heavy (non-hydrogen) atoms. The van der Waals surface area contributed by atoms with E-state index in [9.17, 15) is 9.59 Å². The highest BCUT2D eigenvalue weighted by Crippen LogP contribution is 2.18. The summed E-state index contributed by atoms with van der Waals surface area (Å²) < 4.78 is 5.13. The average molecular weight is 403 g/mol. The number of carbonyl (C=O) groups is 2. The van der Waals surface area contributed by atoms with Gasteiger partial charge in [0.25, 0.3) is 0 Å². The summed E-state index contributed by atoms with van der Waals surface area (Å²) in [6.07, 6.45) is 0.351. The Bertz CT molecular complexity index is 929. The van der Waals surface area contributed by atoms with Crippen LogP contribution in [0.15, 0.2) is 84.9 Å². The van der Waals surface area contributed by atoms with Crippen LogP contribution >= 0.6 is 0 Å². The van der Waals surface area contributed by atoms with Gasteiger partial charge in [-0.2, -0.15) is 0 Å². The van der Waals surface area contributed by atoms with E-state index in [1.807, 2.05) is 84.9 Å². The summed E-state index contributed by atoms with van der Waals surface area (Å²) in [5.41, 5.74) is 3.60. The fourth-order valence-corrected chi connectivity index (χ4v) is 2.76. The predicted octanol–water partition coefficient (Wildman–Crippen LogP) is 5.08. The molecule has 0 saturated heterocycles. The van der Waals surface area contributed by atoms with Crippen molar-refractivity contribution in [3.05, 3.63) is 90.5 Å². The van der Waals surface area contributed by atoms with Gasteiger partial charge in [0.05, 0.1) is 0 Å². The first-order valence-electron chi connectivity index (χ1n) is 9.85. The molecule has 0 atom stereocenters. The molecule has 0 aliphatic heterocycles. The van der Waals surface area contributed by atoms with Gasteiger partial charge in [-0.3, -0.25) is 4.79 Å². The molecule has 3 aromatic carbocycles. The monoisotopic (exact) mass is 403 g/mol. The molecule has 0 bridgehead atoms. The van der Waals surface area contributed by atoms with Crippen LogP contribution in [0.1, 0.15) is 18.4 Å². The Labute approximate surface area is 176 Å². The van der Waals surface area contributed by atoms with Crippen LogP contribution in [0.2, 0.25) is 0 Å². The summed E-state index contributed by atoms with van der Waals surface area (Å²) in [6.45, 7) is 0.600. The van der Waals surface area contributed by atoms with Crippen LogP contribution < -0.4 is 16.0 Å². The van der Waals surface area contributed by atoms with Crippen LogP contribution in [0.4, 0.5) is 21.9 Å². The number of ether oxygens (including phenoxy) is 1. The van der Waals surface area contributed by atoms with Gasteiger partial charge in [0, 0.05) is 30.0 Å². The second kappa shape index (κ2) is 11.3. The van der Waals surface area contributed by atoms with Crippen molar-refractivity contribution in [2.24, 2.45) is 0 Å². The van der Waals surface area contributed by atoms with Crippen LogP contribution in [0, 0.1) is 0 Å². The van der Waals surface area contributed by atoms with Gasteiger partial charge < -0.3 is 20.7 Å². The molecule has 0 heterocycles. The lowest BCUT2D eigenvalue weighted by Crippen LogP contribution is -2.26. The SMILES string of the molecule is O=C(CCCNC(=O)OCc1ccccc1)Nc1ccc(Nc2ccccc2)cc1. The molecular weight excluding hydrogens is 378 g/mol. The molecule has 0 aliphatic carbocycles. The van der Waals surface area contributed by atoms with Crippen molar-refractivity contribution in [3.63, 3.8) is 0 Å². The van der Waals surface area contributed by atoms with E-state index in [0.717, 1.165) is 22.6 Å². The van der Waals surface area contributed by atoms with Crippen LogP contribution in [0.3, 0.4) is 0 Å².